The van der Waals surface area contributed by atoms with Gasteiger partial charge in [0.2, 0.25) is 10.0 Å². The number of halogens is 1. The van der Waals surface area contributed by atoms with Crippen LogP contribution in [0.3, 0.4) is 0 Å². The normalized spacial score (nSPS) is 11.8. The molecule has 0 radical (unpaired) electrons. The Hall–Kier alpha value is -0.690. The highest BCUT2D eigenvalue weighted by Gasteiger charge is 2.21. The summed E-state index contributed by atoms with van der Waals surface area (Å²) in [5.74, 6) is 0. The van der Waals surface area contributed by atoms with E-state index in [-0.39, 0.29) is 14.9 Å². The van der Waals surface area contributed by atoms with Crippen molar-refractivity contribution in [3.63, 3.8) is 0 Å². The third-order valence-electron chi connectivity index (χ3n) is 2.74. The highest BCUT2D eigenvalue weighted by molar-refractivity contribution is 7.89. The molecule has 0 bridgehead atoms. The molecule has 0 heterocycles. The number of nitrogens with zero attached hydrogens (tertiary/aromatic N) is 1. The van der Waals surface area contributed by atoms with Gasteiger partial charge in [-0.25, -0.2) is 12.7 Å². The smallest absolute Gasteiger partial charge is 0.242 e. The molecular weight excluding hydrogens is 304 g/mol. The summed E-state index contributed by atoms with van der Waals surface area (Å²) in [5, 5.41) is 0.248. The molecule has 4 nitrogen and oxygen atoms in total. The van der Waals surface area contributed by atoms with Crippen LogP contribution in [-0.4, -0.2) is 31.3 Å². The van der Waals surface area contributed by atoms with Gasteiger partial charge >= 0.3 is 0 Å². The van der Waals surface area contributed by atoms with Crippen LogP contribution in [0, 0.1) is 0 Å². The summed E-state index contributed by atoms with van der Waals surface area (Å²) in [6.45, 7) is 2.49. The molecule has 0 aliphatic carbocycles. The van der Waals surface area contributed by atoms with E-state index in [1.165, 1.54) is 22.5 Å². The van der Waals surface area contributed by atoms with Crippen LogP contribution in [0.4, 0.5) is 0 Å². The Bertz CT molecular complexity index is 573. The van der Waals surface area contributed by atoms with E-state index in [2.05, 4.69) is 0 Å². The van der Waals surface area contributed by atoms with Crippen molar-refractivity contribution in [2.24, 2.45) is 5.73 Å². The number of benzene rings is 1. The number of rotatable bonds is 6. The van der Waals surface area contributed by atoms with Gasteiger partial charge in [0, 0.05) is 19.2 Å². The zero-order valence-corrected chi connectivity index (χ0v) is 13.3. The monoisotopic (exact) mass is 320 g/mol. The molecule has 7 heteroatoms. The van der Waals surface area contributed by atoms with Gasteiger partial charge in [0.05, 0.1) is 9.92 Å². The third kappa shape index (κ3) is 3.89. The van der Waals surface area contributed by atoms with Crippen LogP contribution in [0.5, 0.6) is 0 Å². The molecule has 0 saturated carbocycles. The van der Waals surface area contributed by atoms with Crippen molar-refractivity contribution in [2.75, 3.05) is 13.6 Å². The molecule has 0 aliphatic heterocycles. The SMILES string of the molecule is CCCCN(C)S(=O)(=O)c1ccc(C(N)=S)c(Cl)c1. The zero-order valence-electron chi connectivity index (χ0n) is 10.9. The lowest BCUT2D eigenvalue weighted by atomic mass is 10.2. The third-order valence-corrected chi connectivity index (χ3v) is 5.13. The molecule has 1 aromatic rings. The maximum atomic E-state index is 12.3. The molecule has 19 heavy (non-hydrogen) atoms. The van der Waals surface area contributed by atoms with Gasteiger partial charge in [0.1, 0.15) is 4.99 Å². The van der Waals surface area contributed by atoms with Crippen LogP contribution in [0.2, 0.25) is 5.02 Å². The molecule has 0 aliphatic rings. The van der Waals surface area contributed by atoms with E-state index in [0.29, 0.717) is 12.1 Å². The fraction of sp³-hybridized carbons (Fsp3) is 0.417. The van der Waals surface area contributed by atoms with E-state index in [4.69, 9.17) is 29.6 Å². The van der Waals surface area contributed by atoms with Gasteiger partial charge in [-0.15, -0.1) is 0 Å². The maximum Gasteiger partial charge on any atom is 0.242 e. The molecule has 0 atom stereocenters. The lowest BCUT2D eigenvalue weighted by molar-refractivity contribution is 0.459. The molecule has 0 unspecified atom stereocenters. The number of hydrogen-bond acceptors (Lipinski definition) is 3. The van der Waals surface area contributed by atoms with E-state index in [1.807, 2.05) is 6.92 Å². The molecule has 106 valence electrons. The topological polar surface area (TPSA) is 63.4 Å². The standard InChI is InChI=1S/C12H17ClN2O2S2/c1-3-4-7-15(2)19(16,17)9-5-6-10(12(14)18)11(13)8-9/h5-6,8H,3-4,7H2,1-2H3,(H2,14,18). The first-order valence-corrected chi connectivity index (χ1v) is 8.09. The van der Waals surface area contributed by atoms with E-state index in [1.54, 1.807) is 7.05 Å². The minimum absolute atomic E-state index is 0.147. The van der Waals surface area contributed by atoms with Crippen molar-refractivity contribution >= 4 is 38.8 Å². The predicted molar refractivity (Wildman–Crippen MR) is 82.1 cm³/mol. The lowest BCUT2D eigenvalue weighted by Crippen LogP contribution is -2.28. The molecule has 0 saturated heterocycles. The Morgan fingerprint density at radius 1 is 1.47 bits per heavy atom. The number of nitrogens with two attached hydrogens (primary N) is 1. The van der Waals surface area contributed by atoms with Crippen molar-refractivity contribution in [3.05, 3.63) is 28.8 Å². The Labute approximate surface area is 124 Å². The van der Waals surface area contributed by atoms with Gasteiger partial charge in [-0.05, 0) is 24.6 Å². The minimum atomic E-state index is -3.51. The maximum absolute atomic E-state index is 12.3. The molecule has 0 amide bonds. The molecule has 0 fully saturated rings. The first-order valence-electron chi connectivity index (χ1n) is 5.86. The summed E-state index contributed by atoms with van der Waals surface area (Å²) in [5.41, 5.74) is 5.96. The molecule has 0 spiro atoms. The Morgan fingerprint density at radius 3 is 2.58 bits per heavy atom. The first kappa shape index (κ1) is 16.4. The van der Waals surface area contributed by atoms with Crippen molar-refractivity contribution in [1.82, 2.24) is 4.31 Å². The summed E-state index contributed by atoms with van der Waals surface area (Å²) < 4.78 is 25.9. The highest BCUT2D eigenvalue weighted by atomic mass is 35.5. The number of sulfonamides is 1. The van der Waals surface area contributed by atoms with Gasteiger partial charge < -0.3 is 5.73 Å². The lowest BCUT2D eigenvalue weighted by Gasteiger charge is -2.17. The van der Waals surface area contributed by atoms with E-state index >= 15 is 0 Å². The van der Waals surface area contributed by atoms with Crippen LogP contribution in [0.25, 0.3) is 0 Å². The van der Waals surface area contributed by atoms with Crippen molar-refractivity contribution in [2.45, 2.75) is 24.7 Å². The predicted octanol–water partition coefficient (Wildman–Crippen LogP) is 2.39. The second kappa shape index (κ2) is 6.65. The zero-order chi connectivity index (χ0) is 14.6. The fourth-order valence-corrected chi connectivity index (χ4v) is 3.35. The largest absolute Gasteiger partial charge is 0.389 e. The Kier molecular flexibility index (Phi) is 5.73. The average molecular weight is 321 g/mol. The second-order valence-corrected chi connectivity index (χ2v) is 7.08. The molecular formula is C12H17ClN2O2S2. The van der Waals surface area contributed by atoms with Crippen LogP contribution in [0.15, 0.2) is 23.1 Å². The van der Waals surface area contributed by atoms with Crippen LogP contribution in [0.1, 0.15) is 25.3 Å². The summed E-state index contributed by atoms with van der Waals surface area (Å²) in [6, 6.07) is 4.39. The minimum Gasteiger partial charge on any atom is -0.389 e. The van der Waals surface area contributed by atoms with Gasteiger partial charge in [0.15, 0.2) is 0 Å². The quantitative estimate of drug-likeness (QED) is 0.817. The summed E-state index contributed by atoms with van der Waals surface area (Å²) in [4.78, 5) is 0.296. The molecule has 1 rings (SSSR count). The van der Waals surface area contributed by atoms with Crippen molar-refractivity contribution in [1.29, 1.82) is 0 Å². The second-order valence-electron chi connectivity index (χ2n) is 4.19. The Balaban J connectivity index is 3.09. The molecule has 0 aromatic heterocycles. The van der Waals surface area contributed by atoms with E-state index in [9.17, 15) is 8.42 Å². The average Bonchev–Trinajstić information content (AvgIpc) is 2.35. The number of unbranched alkanes of at least 4 members (excludes halogenated alkanes) is 1. The van der Waals surface area contributed by atoms with Crippen molar-refractivity contribution in [3.8, 4) is 0 Å². The van der Waals surface area contributed by atoms with Gasteiger partial charge in [-0.3, -0.25) is 0 Å². The van der Waals surface area contributed by atoms with E-state index < -0.39 is 10.0 Å². The Morgan fingerprint density at radius 2 is 2.11 bits per heavy atom. The fourth-order valence-electron chi connectivity index (χ4n) is 1.54. The summed E-state index contributed by atoms with van der Waals surface area (Å²) in [7, 11) is -1.96. The number of hydrogen-bond donors (Lipinski definition) is 1. The van der Waals surface area contributed by atoms with Gasteiger partial charge in [-0.1, -0.05) is 37.2 Å². The van der Waals surface area contributed by atoms with Gasteiger partial charge in [-0.2, -0.15) is 0 Å². The van der Waals surface area contributed by atoms with Crippen LogP contribution in [-0.2, 0) is 10.0 Å². The first-order chi connectivity index (χ1) is 8.80. The van der Waals surface area contributed by atoms with Crippen LogP contribution < -0.4 is 5.73 Å². The highest BCUT2D eigenvalue weighted by Crippen LogP contribution is 2.23. The van der Waals surface area contributed by atoms with Crippen LogP contribution >= 0.6 is 23.8 Å². The number of thiocarbonyl (C=S) groups is 1. The van der Waals surface area contributed by atoms with E-state index in [0.717, 1.165) is 12.8 Å². The summed E-state index contributed by atoms with van der Waals surface area (Å²) in [6.07, 6.45) is 1.75. The molecule has 1 aromatic carbocycles. The molecule has 2 N–H and O–H groups in total. The van der Waals surface area contributed by atoms with Crippen molar-refractivity contribution < 1.29 is 8.42 Å². The van der Waals surface area contributed by atoms with Gasteiger partial charge in [0.25, 0.3) is 0 Å². The summed E-state index contributed by atoms with van der Waals surface area (Å²) >= 11 is 10.8.